The van der Waals surface area contributed by atoms with E-state index in [9.17, 15) is 35.1 Å². The van der Waals surface area contributed by atoms with Crippen molar-refractivity contribution in [1.29, 1.82) is 0 Å². The van der Waals surface area contributed by atoms with E-state index in [1.165, 1.54) is 25.1 Å². The van der Waals surface area contributed by atoms with Gasteiger partial charge in [-0.3, -0.25) is 0 Å². The summed E-state index contributed by atoms with van der Waals surface area (Å²) in [6, 6.07) is 0. The lowest BCUT2D eigenvalue weighted by Gasteiger charge is -2.44. The van der Waals surface area contributed by atoms with E-state index in [2.05, 4.69) is 0 Å². The highest BCUT2D eigenvalue weighted by molar-refractivity contribution is 5.90. The fourth-order valence-electron chi connectivity index (χ4n) is 6.20. The van der Waals surface area contributed by atoms with Crippen molar-refractivity contribution in [1.82, 2.24) is 4.90 Å². The summed E-state index contributed by atoms with van der Waals surface area (Å²) < 4.78 is 29.3. The quantitative estimate of drug-likeness (QED) is 0.152. The molecular weight excluding hydrogens is 602 g/mol. The first kappa shape index (κ1) is 35.8. The maximum atomic E-state index is 13.0. The second kappa shape index (κ2) is 16.7. The molecular formula is C33H47NO12. The SMILES string of the molecule is COC(=O)C1=COC(OC2OC(CO)C(O)C(O)C2OC(C)C)C(C=C2CCCCC2)C1C=CC1=CC(C(=O)O)=CN(CCO)C1. The number of carbonyl (C=O) groups excluding carboxylic acids is 1. The van der Waals surface area contributed by atoms with Crippen LogP contribution in [0.4, 0.5) is 0 Å². The maximum absolute atomic E-state index is 13.0. The number of esters is 1. The Hall–Kier alpha value is -3.04. The fraction of sp³-hybridized carbons (Fsp3) is 0.636. The first-order valence-corrected chi connectivity index (χ1v) is 15.8. The van der Waals surface area contributed by atoms with E-state index in [0.29, 0.717) is 12.1 Å². The largest absolute Gasteiger partial charge is 0.478 e. The zero-order valence-corrected chi connectivity index (χ0v) is 26.6. The molecule has 2 fully saturated rings. The fourth-order valence-corrected chi connectivity index (χ4v) is 6.20. The van der Waals surface area contributed by atoms with E-state index >= 15 is 0 Å². The van der Waals surface area contributed by atoms with Gasteiger partial charge in [0.25, 0.3) is 0 Å². The Balaban J connectivity index is 1.73. The molecule has 256 valence electrons. The molecule has 0 radical (unpaired) electrons. The van der Waals surface area contributed by atoms with Crippen LogP contribution in [0.25, 0.3) is 0 Å². The summed E-state index contributed by atoms with van der Waals surface area (Å²) in [6.07, 6.45) is 6.99. The lowest BCUT2D eigenvalue weighted by molar-refractivity contribution is -0.348. The predicted molar refractivity (Wildman–Crippen MR) is 164 cm³/mol. The van der Waals surface area contributed by atoms with Crippen LogP contribution in [0.3, 0.4) is 0 Å². The molecule has 3 heterocycles. The molecule has 5 N–H and O–H groups in total. The Morgan fingerprint density at radius 1 is 1.11 bits per heavy atom. The summed E-state index contributed by atoms with van der Waals surface area (Å²) in [7, 11) is 1.27. The van der Waals surface area contributed by atoms with Crippen LogP contribution in [0, 0.1) is 11.8 Å². The van der Waals surface area contributed by atoms with Gasteiger partial charge < -0.3 is 54.1 Å². The first-order valence-electron chi connectivity index (χ1n) is 15.8. The normalized spacial score (nSPS) is 32.0. The maximum Gasteiger partial charge on any atom is 0.337 e. The van der Waals surface area contributed by atoms with Gasteiger partial charge in [-0.25, -0.2) is 9.59 Å². The third kappa shape index (κ3) is 8.85. The molecule has 1 saturated heterocycles. The van der Waals surface area contributed by atoms with Gasteiger partial charge in [-0.15, -0.1) is 0 Å². The summed E-state index contributed by atoms with van der Waals surface area (Å²) in [6.45, 7) is 3.39. The van der Waals surface area contributed by atoms with Crippen molar-refractivity contribution in [2.45, 2.75) is 89.1 Å². The molecule has 0 bridgehead atoms. The first-order chi connectivity index (χ1) is 22.1. The van der Waals surface area contributed by atoms with Crippen LogP contribution in [-0.2, 0) is 33.3 Å². The van der Waals surface area contributed by atoms with E-state index in [1.807, 2.05) is 6.08 Å². The zero-order valence-electron chi connectivity index (χ0n) is 26.6. The number of aliphatic hydroxyl groups excluding tert-OH is 4. The van der Waals surface area contributed by atoms with Crippen molar-refractivity contribution in [3.8, 4) is 0 Å². The number of nitrogens with zero attached hydrogens (tertiary/aromatic N) is 1. The summed E-state index contributed by atoms with van der Waals surface area (Å²) in [5.74, 6) is -2.97. The van der Waals surface area contributed by atoms with Gasteiger partial charge in [-0.2, -0.15) is 0 Å². The average molecular weight is 650 g/mol. The minimum absolute atomic E-state index is 0.0574. The number of β-amino-alcohol motifs (C(OH)–C–C–N with tert-alkyl or cyclic N) is 1. The van der Waals surface area contributed by atoms with Gasteiger partial charge in [0.1, 0.15) is 24.4 Å². The number of carbonyl (C=O) groups is 2. The zero-order chi connectivity index (χ0) is 33.4. The van der Waals surface area contributed by atoms with Gasteiger partial charge >= 0.3 is 11.9 Å². The molecule has 13 nitrogen and oxygen atoms in total. The molecule has 4 rings (SSSR count). The number of carboxylic acid groups (broad SMARTS) is 1. The molecule has 4 aliphatic rings. The van der Waals surface area contributed by atoms with Crippen LogP contribution >= 0.6 is 0 Å². The number of aliphatic hydroxyl groups is 4. The second-order valence-electron chi connectivity index (χ2n) is 12.2. The highest BCUT2D eigenvalue weighted by Gasteiger charge is 2.49. The third-order valence-electron chi connectivity index (χ3n) is 8.48. The smallest absolute Gasteiger partial charge is 0.337 e. The monoisotopic (exact) mass is 649 g/mol. The molecule has 1 saturated carbocycles. The lowest BCUT2D eigenvalue weighted by atomic mass is 9.80. The lowest BCUT2D eigenvalue weighted by Crippen LogP contribution is -2.61. The predicted octanol–water partition coefficient (Wildman–Crippen LogP) is 1.53. The van der Waals surface area contributed by atoms with Gasteiger partial charge in [-0.1, -0.05) is 30.2 Å². The van der Waals surface area contributed by atoms with E-state index in [-0.39, 0.29) is 30.4 Å². The Bertz CT molecular complexity index is 1210. The highest BCUT2D eigenvalue weighted by Crippen LogP contribution is 2.39. The van der Waals surface area contributed by atoms with Crippen molar-refractivity contribution in [2.75, 3.05) is 33.4 Å². The number of aliphatic carboxylic acids is 1. The molecule has 0 spiro atoms. The summed E-state index contributed by atoms with van der Waals surface area (Å²) in [5, 5.41) is 50.4. The van der Waals surface area contributed by atoms with Gasteiger partial charge in [0, 0.05) is 25.2 Å². The van der Waals surface area contributed by atoms with Crippen LogP contribution in [-0.4, -0.2) is 119 Å². The second-order valence-corrected chi connectivity index (χ2v) is 12.2. The van der Waals surface area contributed by atoms with Crippen molar-refractivity contribution in [3.63, 3.8) is 0 Å². The summed E-state index contributed by atoms with van der Waals surface area (Å²) in [5.41, 5.74) is 2.09. The molecule has 0 amide bonds. The van der Waals surface area contributed by atoms with Crippen molar-refractivity contribution in [2.24, 2.45) is 11.8 Å². The Morgan fingerprint density at radius 3 is 2.48 bits per heavy atom. The molecule has 1 aliphatic carbocycles. The van der Waals surface area contributed by atoms with Crippen LogP contribution in [0.5, 0.6) is 0 Å². The molecule has 8 atom stereocenters. The number of hydrogen-bond acceptors (Lipinski definition) is 12. The number of rotatable bonds is 12. The molecule has 0 aromatic heterocycles. The third-order valence-corrected chi connectivity index (χ3v) is 8.48. The van der Waals surface area contributed by atoms with Crippen molar-refractivity contribution >= 4 is 11.9 Å². The topological polar surface area (TPSA) is 185 Å². The van der Waals surface area contributed by atoms with E-state index in [0.717, 1.165) is 32.1 Å². The van der Waals surface area contributed by atoms with E-state index < -0.39 is 67.4 Å². The molecule has 46 heavy (non-hydrogen) atoms. The van der Waals surface area contributed by atoms with Gasteiger partial charge in [0.15, 0.2) is 6.29 Å². The van der Waals surface area contributed by atoms with Crippen LogP contribution in [0.15, 0.2) is 59.1 Å². The number of carboxylic acids is 1. The molecule has 13 heteroatoms. The summed E-state index contributed by atoms with van der Waals surface area (Å²) >= 11 is 0. The van der Waals surface area contributed by atoms with E-state index in [1.54, 1.807) is 37.0 Å². The summed E-state index contributed by atoms with van der Waals surface area (Å²) in [4.78, 5) is 26.6. The molecule has 8 unspecified atom stereocenters. The highest BCUT2D eigenvalue weighted by atomic mass is 16.8. The van der Waals surface area contributed by atoms with Gasteiger partial charge in [0.2, 0.25) is 6.29 Å². The van der Waals surface area contributed by atoms with Crippen LogP contribution in [0.2, 0.25) is 0 Å². The van der Waals surface area contributed by atoms with Gasteiger partial charge in [-0.05, 0) is 51.2 Å². The average Bonchev–Trinajstić information content (AvgIpc) is 3.04. The van der Waals surface area contributed by atoms with Crippen LogP contribution < -0.4 is 0 Å². The van der Waals surface area contributed by atoms with Crippen molar-refractivity contribution in [3.05, 3.63) is 59.1 Å². The van der Waals surface area contributed by atoms with Crippen molar-refractivity contribution < 1.29 is 58.8 Å². The molecule has 0 aromatic carbocycles. The van der Waals surface area contributed by atoms with E-state index in [4.69, 9.17) is 23.7 Å². The minimum Gasteiger partial charge on any atom is -0.478 e. The van der Waals surface area contributed by atoms with Crippen LogP contribution in [0.1, 0.15) is 46.0 Å². The number of methoxy groups -OCH3 is 1. The minimum atomic E-state index is -1.43. The Labute approximate surface area is 269 Å². The number of hydrogen-bond donors (Lipinski definition) is 5. The number of ether oxygens (including phenoxy) is 5. The Morgan fingerprint density at radius 2 is 1.85 bits per heavy atom. The standard InChI is InChI=1S/C33H47NO12/c1-19(2)44-29-28(38)27(37)26(17-36)45-33(29)46-32-24(14-20-7-5-4-6-8-20)23(25(18-43-32)31(41)42-3)10-9-21-13-22(30(39)40)16-34(15-21)11-12-35/h9-10,13-14,16,18-19,23-24,26-29,32-33,35-38H,4-8,11-12,15,17H2,1-3H3,(H,39,40). The molecule has 0 aromatic rings. The molecule has 3 aliphatic heterocycles. The van der Waals surface area contributed by atoms with Gasteiger partial charge in [0.05, 0.1) is 49.8 Å². The number of allylic oxidation sites excluding steroid dienone is 2. The Kier molecular flexibility index (Phi) is 13.0.